The van der Waals surface area contributed by atoms with Crippen LogP contribution in [0, 0.1) is 0 Å². The van der Waals surface area contributed by atoms with Crippen molar-refractivity contribution < 1.29 is 27.4 Å². The fourth-order valence-electron chi connectivity index (χ4n) is 3.11. The molecule has 0 atom stereocenters. The van der Waals surface area contributed by atoms with E-state index in [1.807, 2.05) is 0 Å². The number of nitrogens with zero attached hydrogens (tertiary/aromatic N) is 2. The third kappa shape index (κ3) is 3.76. The Morgan fingerprint density at radius 3 is 2.59 bits per heavy atom. The number of ether oxygens (including phenoxy) is 2. The summed E-state index contributed by atoms with van der Waals surface area (Å²) in [6.45, 7) is -1.31. The maximum Gasteiger partial charge on any atom is 0.406 e. The lowest BCUT2D eigenvalue weighted by Crippen LogP contribution is -2.43. The zero-order chi connectivity index (χ0) is 19.8. The summed E-state index contributed by atoms with van der Waals surface area (Å²) in [5, 5.41) is 0. The van der Waals surface area contributed by atoms with Gasteiger partial charge in [-0.1, -0.05) is 0 Å². The summed E-state index contributed by atoms with van der Waals surface area (Å²) in [6.07, 6.45) is -2.70. The van der Waals surface area contributed by atoms with Gasteiger partial charge in [0.15, 0.2) is 0 Å². The van der Waals surface area contributed by atoms with Crippen molar-refractivity contribution in [1.29, 1.82) is 0 Å². The number of alkyl halides is 3. The van der Waals surface area contributed by atoms with E-state index >= 15 is 0 Å². The Morgan fingerprint density at radius 1 is 1.22 bits per heavy atom. The monoisotopic (exact) mass is 381 g/mol. The summed E-state index contributed by atoms with van der Waals surface area (Å²) in [6, 6.07) is 5.00. The third-order valence-corrected chi connectivity index (χ3v) is 4.37. The van der Waals surface area contributed by atoms with Gasteiger partial charge in [-0.3, -0.25) is 4.79 Å². The van der Waals surface area contributed by atoms with E-state index < -0.39 is 18.6 Å². The molecule has 2 aromatic rings. The molecule has 1 amide bonds. The second-order valence-corrected chi connectivity index (χ2v) is 6.11. The van der Waals surface area contributed by atoms with Gasteiger partial charge < -0.3 is 20.1 Å². The number of halogens is 3. The van der Waals surface area contributed by atoms with Gasteiger partial charge in [-0.2, -0.15) is 13.2 Å². The highest BCUT2D eigenvalue weighted by molar-refractivity contribution is 6.00. The van der Waals surface area contributed by atoms with Crippen molar-refractivity contribution in [2.75, 3.05) is 33.0 Å². The lowest BCUT2D eigenvalue weighted by Gasteiger charge is -2.30. The average molecular weight is 381 g/mol. The fourth-order valence-corrected chi connectivity index (χ4v) is 3.11. The topological polar surface area (TPSA) is 77.7 Å². The van der Waals surface area contributed by atoms with Crippen molar-refractivity contribution >= 4 is 11.7 Å². The number of rotatable bonds is 4. The van der Waals surface area contributed by atoms with E-state index in [-0.39, 0.29) is 30.1 Å². The minimum atomic E-state index is -4.46. The van der Waals surface area contributed by atoms with Crippen LogP contribution in [0.5, 0.6) is 11.5 Å². The molecular weight excluding hydrogens is 363 g/mol. The molecule has 27 heavy (non-hydrogen) atoms. The van der Waals surface area contributed by atoms with Crippen LogP contribution in [0.2, 0.25) is 0 Å². The molecule has 1 aromatic carbocycles. The molecule has 6 nitrogen and oxygen atoms in total. The second-order valence-electron chi connectivity index (χ2n) is 6.11. The highest BCUT2D eigenvalue weighted by Crippen LogP contribution is 2.37. The summed E-state index contributed by atoms with van der Waals surface area (Å²) in [5.41, 5.74) is 7.93. The zero-order valence-electron chi connectivity index (χ0n) is 14.8. The first kappa shape index (κ1) is 18.8. The Morgan fingerprint density at radius 2 is 1.96 bits per heavy atom. The lowest BCUT2D eigenvalue weighted by molar-refractivity contribution is -0.141. The number of fused-ring (bicyclic) bond motifs is 1. The molecule has 0 saturated heterocycles. The number of benzene rings is 1. The SMILES string of the molecule is COc1cnc(N)c(-c2cc3c(c(OC)c2)C(=O)N(CC(F)(F)F)CC3)c1. The van der Waals surface area contributed by atoms with Crippen molar-refractivity contribution in [2.24, 2.45) is 0 Å². The van der Waals surface area contributed by atoms with Crippen LogP contribution in [-0.2, 0) is 6.42 Å². The molecule has 0 bridgehead atoms. The van der Waals surface area contributed by atoms with E-state index in [1.165, 1.54) is 20.4 Å². The number of anilines is 1. The number of methoxy groups -OCH3 is 2. The van der Waals surface area contributed by atoms with Crippen LogP contribution in [0.3, 0.4) is 0 Å². The Bertz CT molecular complexity index is 867. The highest BCUT2D eigenvalue weighted by Gasteiger charge is 2.37. The number of amides is 1. The van der Waals surface area contributed by atoms with Crippen LogP contribution in [0.1, 0.15) is 15.9 Å². The summed E-state index contributed by atoms with van der Waals surface area (Å²) >= 11 is 0. The van der Waals surface area contributed by atoms with E-state index in [4.69, 9.17) is 15.2 Å². The molecule has 2 N–H and O–H groups in total. The largest absolute Gasteiger partial charge is 0.496 e. The van der Waals surface area contributed by atoms with Gasteiger partial charge in [-0.25, -0.2) is 4.98 Å². The number of nitrogen functional groups attached to an aromatic ring is 1. The normalized spacial score (nSPS) is 14.1. The summed E-state index contributed by atoms with van der Waals surface area (Å²) < 4.78 is 48.6. The van der Waals surface area contributed by atoms with Crippen molar-refractivity contribution in [3.63, 3.8) is 0 Å². The Kier molecular flexibility index (Phi) is 4.86. The summed E-state index contributed by atoms with van der Waals surface area (Å²) in [7, 11) is 2.86. The first-order chi connectivity index (χ1) is 12.7. The second kappa shape index (κ2) is 6.98. The van der Waals surface area contributed by atoms with E-state index in [1.54, 1.807) is 18.2 Å². The molecule has 1 aliphatic heterocycles. The van der Waals surface area contributed by atoms with Gasteiger partial charge >= 0.3 is 6.18 Å². The van der Waals surface area contributed by atoms with Gasteiger partial charge in [0.1, 0.15) is 23.9 Å². The van der Waals surface area contributed by atoms with Crippen LogP contribution in [0.4, 0.5) is 19.0 Å². The number of aromatic nitrogens is 1. The molecule has 0 saturated carbocycles. The molecule has 0 spiro atoms. The Labute approximate surface area is 153 Å². The third-order valence-electron chi connectivity index (χ3n) is 4.37. The first-order valence-electron chi connectivity index (χ1n) is 8.10. The predicted molar refractivity (Wildman–Crippen MR) is 92.9 cm³/mol. The van der Waals surface area contributed by atoms with Crippen molar-refractivity contribution in [1.82, 2.24) is 9.88 Å². The smallest absolute Gasteiger partial charge is 0.406 e. The molecular formula is C18H18F3N3O3. The predicted octanol–water partition coefficient (Wildman–Crippen LogP) is 2.91. The number of nitrogens with two attached hydrogens (primary N) is 1. The Balaban J connectivity index is 2.06. The van der Waals surface area contributed by atoms with E-state index in [9.17, 15) is 18.0 Å². The summed E-state index contributed by atoms with van der Waals surface area (Å²) in [4.78, 5) is 17.4. The number of hydrogen-bond donors (Lipinski definition) is 1. The van der Waals surface area contributed by atoms with Crippen molar-refractivity contribution in [3.05, 3.63) is 35.5 Å². The first-order valence-corrected chi connectivity index (χ1v) is 8.10. The van der Waals surface area contributed by atoms with Crippen molar-refractivity contribution in [2.45, 2.75) is 12.6 Å². The molecule has 1 aromatic heterocycles. The van der Waals surface area contributed by atoms with Crippen LogP contribution in [0.15, 0.2) is 24.4 Å². The van der Waals surface area contributed by atoms with Gasteiger partial charge in [-0.15, -0.1) is 0 Å². The number of hydrogen-bond acceptors (Lipinski definition) is 5. The minimum Gasteiger partial charge on any atom is -0.496 e. The molecule has 3 rings (SSSR count). The average Bonchev–Trinajstić information content (AvgIpc) is 2.62. The van der Waals surface area contributed by atoms with E-state index in [0.29, 0.717) is 22.4 Å². The van der Waals surface area contributed by atoms with Gasteiger partial charge in [0.25, 0.3) is 5.91 Å². The maximum absolute atomic E-state index is 12.7. The molecule has 9 heteroatoms. The van der Waals surface area contributed by atoms with Gasteiger partial charge in [0, 0.05) is 12.1 Å². The van der Waals surface area contributed by atoms with Crippen LogP contribution in [0.25, 0.3) is 11.1 Å². The van der Waals surface area contributed by atoms with Crippen LogP contribution in [-0.4, -0.2) is 49.3 Å². The zero-order valence-corrected chi connectivity index (χ0v) is 14.8. The lowest BCUT2D eigenvalue weighted by atomic mass is 9.93. The minimum absolute atomic E-state index is 0.0240. The van der Waals surface area contributed by atoms with Gasteiger partial charge in [-0.05, 0) is 35.7 Å². The number of carbonyl (C=O) groups excluding carboxylic acids is 1. The van der Waals surface area contributed by atoms with E-state index in [2.05, 4.69) is 4.98 Å². The molecule has 2 heterocycles. The molecule has 0 unspecified atom stereocenters. The molecule has 0 fully saturated rings. The molecule has 0 radical (unpaired) electrons. The molecule has 1 aliphatic rings. The van der Waals surface area contributed by atoms with Crippen molar-refractivity contribution in [3.8, 4) is 22.6 Å². The molecule has 144 valence electrons. The number of carbonyl (C=O) groups is 1. The van der Waals surface area contributed by atoms with E-state index in [0.717, 1.165) is 4.90 Å². The van der Waals surface area contributed by atoms with Gasteiger partial charge in [0.2, 0.25) is 0 Å². The molecule has 0 aliphatic carbocycles. The highest BCUT2D eigenvalue weighted by atomic mass is 19.4. The Hall–Kier alpha value is -2.97. The van der Waals surface area contributed by atoms with Crippen LogP contribution < -0.4 is 15.2 Å². The maximum atomic E-state index is 12.7. The standard InChI is InChI=1S/C18H18F3N3O3/c1-26-12-7-13(16(22)23-8-12)11-5-10-3-4-24(9-18(19,20)21)17(25)15(10)14(6-11)27-2/h5-8H,3-4,9H2,1-2H3,(H2,22,23). The fraction of sp³-hybridized carbons (Fsp3) is 0.333. The van der Waals surface area contributed by atoms with Gasteiger partial charge in [0.05, 0.1) is 26.0 Å². The van der Waals surface area contributed by atoms with Crippen LogP contribution >= 0.6 is 0 Å². The summed E-state index contributed by atoms with van der Waals surface area (Å²) in [5.74, 6) is 0.261. The number of pyridine rings is 1. The quantitative estimate of drug-likeness (QED) is 0.881.